The molecule has 2 aliphatic heterocycles. The lowest BCUT2D eigenvalue weighted by Gasteiger charge is -2.45. The molecule has 0 aliphatic carbocycles. The molecule has 7 nitrogen and oxygen atoms in total. The number of nitrogens with zero attached hydrogens (tertiary/aromatic N) is 2. The third kappa shape index (κ3) is 2.86. The third-order valence-corrected chi connectivity index (χ3v) is 7.51. The molecule has 1 spiro atoms. The molecule has 0 bridgehead atoms. The Hall–Kier alpha value is -2.71. The van der Waals surface area contributed by atoms with Crippen LogP contribution in [0.1, 0.15) is 39.2 Å². The van der Waals surface area contributed by atoms with Gasteiger partial charge < -0.3 is 19.4 Å². The number of hydrogen-bond acceptors (Lipinski definition) is 6. The number of methoxy groups -OCH3 is 1. The van der Waals surface area contributed by atoms with Crippen molar-refractivity contribution >= 4 is 27.5 Å². The molecule has 1 saturated heterocycles. The van der Waals surface area contributed by atoms with Crippen LogP contribution in [0.5, 0.6) is 5.75 Å². The second-order valence-electron chi connectivity index (χ2n) is 7.85. The van der Waals surface area contributed by atoms with Gasteiger partial charge in [0.1, 0.15) is 16.2 Å². The zero-order valence-electron chi connectivity index (χ0n) is 17.0. The molecule has 2 aromatic heterocycles. The number of amides is 1. The Kier molecular flexibility index (Phi) is 4.63. The van der Waals surface area contributed by atoms with Gasteiger partial charge in [-0.1, -0.05) is 12.1 Å². The maximum absolute atomic E-state index is 13.3. The molecule has 30 heavy (non-hydrogen) atoms. The fourth-order valence-corrected chi connectivity index (χ4v) is 5.91. The standard InChI is InChI=1S/C22H23N3O4S/c1-13-16-19(26)23-12-24-20(16)30-18(13)21(27)25-9-7-22(8-10-25)17-14(6-11-29-22)4-3-5-15(17)28-2/h3-5,12H,6-11H2,1-2H3,(H,23,24,26). The summed E-state index contributed by atoms with van der Waals surface area (Å²) in [6.07, 6.45) is 3.69. The van der Waals surface area contributed by atoms with Gasteiger partial charge in [-0.3, -0.25) is 9.59 Å². The summed E-state index contributed by atoms with van der Waals surface area (Å²) >= 11 is 1.29. The minimum atomic E-state index is -0.412. The molecule has 156 valence electrons. The number of likely N-dealkylation sites (tertiary alicyclic amines) is 1. The first kappa shape index (κ1) is 19.3. The van der Waals surface area contributed by atoms with Crippen LogP contribution in [0.15, 0.2) is 29.3 Å². The van der Waals surface area contributed by atoms with Gasteiger partial charge in [-0.05, 0) is 43.4 Å². The molecule has 2 aliphatic rings. The summed E-state index contributed by atoms with van der Waals surface area (Å²) in [6, 6.07) is 6.15. The van der Waals surface area contributed by atoms with Gasteiger partial charge >= 0.3 is 0 Å². The average molecular weight is 426 g/mol. The minimum absolute atomic E-state index is 0.0409. The van der Waals surface area contributed by atoms with Gasteiger partial charge in [0.05, 0.1) is 30.3 Å². The molecular weight excluding hydrogens is 402 g/mol. The van der Waals surface area contributed by atoms with E-state index in [1.165, 1.54) is 23.2 Å². The van der Waals surface area contributed by atoms with Crippen molar-refractivity contribution in [1.29, 1.82) is 0 Å². The first-order valence-corrected chi connectivity index (χ1v) is 10.9. The van der Waals surface area contributed by atoms with Crippen molar-refractivity contribution < 1.29 is 14.3 Å². The highest BCUT2D eigenvalue weighted by atomic mass is 32.1. The van der Waals surface area contributed by atoms with Crippen LogP contribution in [0.3, 0.4) is 0 Å². The molecule has 0 saturated carbocycles. The van der Waals surface area contributed by atoms with Crippen molar-refractivity contribution in [1.82, 2.24) is 14.9 Å². The van der Waals surface area contributed by atoms with E-state index in [9.17, 15) is 9.59 Å². The lowest BCUT2D eigenvalue weighted by Crippen LogP contribution is -2.48. The number of piperidine rings is 1. The number of hydrogen-bond donors (Lipinski definition) is 1. The summed E-state index contributed by atoms with van der Waals surface area (Å²) in [6.45, 7) is 3.68. The van der Waals surface area contributed by atoms with Crippen LogP contribution in [-0.2, 0) is 16.8 Å². The van der Waals surface area contributed by atoms with Crippen LogP contribution in [0, 0.1) is 6.92 Å². The van der Waals surface area contributed by atoms with E-state index in [0.29, 0.717) is 40.4 Å². The third-order valence-electron chi connectivity index (χ3n) is 6.32. The van der Waals surface area contributed by atoms with Crippen LogP contribution in [0.25, 0.3) is 10.2 Å². The highest BCUT2D eigenvalue weighted by Crippen LogP contribution is 2.46. The van der Waals surface area contributed by atoms with Gasteiger partial charge in [0.25, 0.3) is 11.5 Å². The summed E-state index contributed by atoms with van der Waals surface area (Å²) in [5.74, 6) is 0.818. The van der Waals surface area contributed by atoms with E-state index < -0.39 is 5.60 Å². The quantitative estimate of drug-likeness (QED) is 0.682. The van der Waals surface area contributed by atoms with Gasteiger partial charge in [0.2, 0.25) is 0 Å². The number of ether oxygens (including phenoxy) is 2. The van der Waals surface area contributed by atoms with Gasteiger partial charge in [-0.2, -0.15) is 0 Å². The highest BCUT2D eigenvalue weighted by molar-refractivity contribution is 7.20. The summed E-state index contributed by atoms with van der Waals surface area (Å²) < 4.78 is 12.0. The second kappa shape index (κ2) is 7.21. The molecule has 8 heteroatoms. The molecule has 0 atom stereocenters. The predicted octanol–water partition coefficient (Wildman–Crippen LogP) is 3.01. The largest absolute Gasteiger partial charge is 0.496 e. The zero-order chi connectivity index (χ0) is 20.9. The van der Waals surface area contributed by atoms with Crippen molar-refractivity contribution in [3.05, 3.63) is 56.4 Å². The molecule has 0 radical (unpaired) electrons. The van der Waals surface area contributed by atoms with E-state index in [2.05, 4.69) is 16.0 Å². The smallest absolute Gasteiger partial charge is 0.264 e. The molecule has 0 unspecified atom stereocenters. The Morgan fingerprint density at radius 2 is 2.13 bits per heavy atom. The molecule has 1 amide bonds. The molecule has 3 aromatic rings. The summed E-state index contributed by atoms with van der Waals surface area (Å²) in [5, 5.41) is 0.508. The number of rotatable bonds is 2. The number of benzene rings is 1. The minimum Gasteiger partial charge on any atom is -0.496 e. The van der Waals surface area contributed by atoms with Crippen molar-refractivity contribution in [3.63, 3.8) is 0 Å². The fraction of sp³-hybridized carbons (Fsp3) is 0.409. The number of aryl methyl sites for hydroxylation is 1. The average Bonchev–Trinajstić information content (AvgIpc) is 3.11. The highest BCUT2D eigenvalue weighted by Gasteiger charge is 2.44. The number of fused-ring (bicyclic) bond motifs is 3. The fourth-order valence-electron chi connectivity index (χ4n) is 4.79. The van der Waals surface area contributed by atoms with E-state index in [1.54, 1.807) is 7.11 Å². The Labute approximate surface area is 177 Å². The lowest BCUT2D eigenvalue weighted by molar-refractivity contribution is -0.0946. The number of carbonyl (C=O) groups excluding carboxylic acids is 1. The molecule has 1 aromatic carbocycles. The van der Waals surface area contributed by atoms with Crippen LogP contribution >= 0.6 is 11.3 Å². The first-order valence-electron chi connectivity index (χ1n) is 10.1. The Morgan fingerprint density at radius 1 is 1.33 bits per heavy atom. The number of aromatic amines is 1. The van der Waals surface area contributed by atoms with Gasteiger partial charge in [-0.25, -0.2) is 4.98 Å². The maximum Gasteiger partial charge on any atom is 0.264 e. The van der Waals surface area contributed by atoms with E-state index in [-0.39, 0.29) is 11.5 Å². The summed E-state index contributed by atoms with van der Waals surface area (Å²) in [7, 11) is 1.69. The normalized spacial score (nSPS) is 17.9. The molecule has 1 fully saturated rings. The Bertz CT molecular complexity index is 1180. The van der Waals surface area contributed by atoms with Crippen molar-refractivity contribution in [2.45, 2.75) is 31.8 Å². The van der Waals surface area contributed by atoms with Gasteiger partial charge in [0, 0.05) is 18.7 Å². The topological polar surface area (TPSA) is 84.5 Å². The number of carbonyl (C=O) groups is 1. The number of aromatic nitrogens is 2. The maximum atomic E-state index is 13.3. The van der Waals surface area contributed by atoms with E-state index in [0.717, 1.165) is 30.6 Å². The summed E-state index contributed by atoms with van der Waals surface area (Å²) in [5.41, 5.74) is 2.50. The predicted molar refractivity (Wildman–Crippen MR) is 114 cm³/mol. The number of H-pyrrole nitrogens is 1. The second-order valence-corrected chi connectivity index (χ2v) is 8.85. The monoisotopic (exact) mass is 425 g/mol. The number of nitrogens with one attached hydrogen (secondary N) is 1. The van der Waals surface area contributed by atoms with Crippen molar-refractivity contribution in [2.24, 2.45) is 0 Å². The van der Waals surface area contributed by atoms with Crippen molar-refractivity contribution in [3.8, 4) is 5.75 Å². The van der Waals surface area contributed by atoms with Crippen LogP contribution < -0.4 is 10.3 Å². The van der Waals surface area contributed by atoms with Crippen molar-refractivity contribution in [2.75, 3.05) is 26.8 Å². The van der Waals surface area contributed by atoms with Crippen LogP contribution in [-0.4, -0.2) is 47.6 Å². The Balaban J connectivity index is 1.43. The molecule has 4 heterocycles. The molecule has 5 rings (SSSR count). The molecular formula is C22H23N3O4S. The van der Waals surface area contributed by atoms with Crippen LogP contribution in [0.4, 0.5) is 0 Å². The lowest BCUT2D eigenvalue weighted by atomic mass is 9.78. The zero-order valence-corrected chi connectivity index (χ0v) is 17.8. The molecule has 1 N–H and O–H groups in total. The first-order chi connectivity index (χ1) is 14.5. The van der Waals surface area contributed by atoms with Gasteiger partial charge in [-0.15, -0.1) is 11.3 Å². The number of thiophene rings is 1. The summed E-state index contributed by atoms with van der Waals surface area (Å²) in [4.78, 5) is 35.3. The van der Waals surface area contributed by atoms with E-state index in [4.69, 9.17) is 9.47 Å². The van der Waals surface area contributed by atoms with E-state index >= 15 is 0 Å². The van der Waals surface area contributed by atoms with Gasteiger partial charge in [0.15, 0.2) is 0 Å². The Morgan fingerprint density at radius 3 is 2.87 bits per heavy atom. The van der Waals surface area contributed by atoms with E-state index in [1.807, 2.05) is 24.0 Å². The van der Waals surface area contributed by atoms with Crippen LogP contribution in [0.2, 0.25) is 0 Å². The SMILES string of the molecule is COc1cccc2c1C1(CCN(C(=O)c3sc4nc[nH]c(=O)c4c3C)CC1)OCC2.